The Labute approximate surface area is 204 Å². The van der Waals surface area contributed by atoms with Gasteiger partial charge in [-0.05, 0) is 42.7 Å². The topological polar surface area (TPSA) is 75.2 Å². The van der Waals surface area contributed by atoms with E-state index in [-0.39, 0.29) is 0 Å². The van der Waals surface area contributed by atoms with Crippen molar-refractivity contribution in [3.63, 3.8) is 0 Å². The second kappa shape index (κ2) is 9.82. The van der Waals surface area contributed by atoms with Crippen molar-refractivity contribution in [1.29, 1.82) is 0 Å². The molecular weight excluding hydrogens is 464 g/mol. The van der Waals surface area contributed by atoms with E-state index in [1.165, 1.54) is 22.7 Å². The normalized spacial score (nSPS) is 15.1. The summed E-state index contributed by atoms with van der Waals surface area (Å²) < 4.78 is 33.4. The molecule has 0 amide bonds. The third-order valence-corrected chi connectivity index (χ3v) is 8.72. The number of hydrogen-bond donors (Lipinski definition) is 1. The quantitative estimate of drug-likeness (QED) is 0.402. The molecule has 0 spiro atoms. The van der Waals surface area contributed by atoms with Crippen molar-refractivity contribution in [2.24, 2.45) is 5.92 Å². The van der Waals surface area contributed by atoms with Gasteiger partial charge in [-0.3, -0.25) is 0 Å². The lowest BCUT2D eigenvalue weighted by Gasteiger charge is -2.31. The number of aromatic nitrogens is 2. The second-order valence-electron chi connectivity index (χ2n) is 8.92. The number of nitrogens with one attached hydrogen (secondary N) is 1. The van der Waals surface area contributed by atoms with Crippen molar-refractivity contribution in [2.45, 2.75) is 31.1 Å². The van der Waals surface area contributed by atoms with Gasteiger partial charge < -0.3 is 4.90 Å². The summed E-state index contributed by atoms with van der Waals surface area (Å²) in [6.45, 7) is 4.26. The molecule has 0 aliphatic carbocycles. The van der Waals surface area contributed by atoms with Crippen molar-refractivity contribution in [2.75, 3.05) is 24.5 Å². The lowest BCUT2D eigenvalue weighted by Crippen LogP contribution is -2.38. The van der Waals surface area contributed by atoms with Gasteiger partial charge in [0.2, 0.25) is 15.2 Å². The molecule has 1 fully saturated rings. The maximum Gasteiger partial charge on any atom is 0.241 e. The molecule has 5 rings (SSSR count). The molecule has 1 aromatic heterocycles. The SMILES string of the molecule is Cc1ccc(Cc2nsc(N3CCC(CNS(=O)(=O)c4cccc5ccccc45)CC3)n2)cc1. The molecule has 1 N–H and O–H groups in total. The molecule has 0 saturated carbocycles. The summed E-state index contributed by atoms with van der Waals surface area (Å²) in [5, 5.41) is 2.64. The van der Waals surface area contributed by atoms with E-state index in [4.69, 9.17) is 4.98 Å². The highest BCUT2D eigenvalue weighted by atomic mass is 32.2. The van der Waals surface area contributed by atoms with Gasteiger partial charge in [0.1, 0.15) is 5.82 Å². The van der Waals surface area contributed by atoms with Crippen molar-refractivity contribution in [1.82, 2.24) is 14.1 Å². The summed E-state index contributed by atoms with van der Waals surface area (Å²) in [4.78, 5) is 7.37. The zero-order chi connectivity index (χ0) is 23.5. The predicted molar refractivity (Wildman–Crippen MR) is 138 cm³/mol. The third kappa shape index (κ3) is 5.14. The highest BCUT2D eigenvalue weighted by Gasteiger charge is 2.24. The smallest absolute Gasteiger partial charge is 0.241 e. The molecule has 1 aliphatic rings. The maximum absolute atomic E-state index is 13.0. The van der Waals surface area contributed by atoms with Crippen LogP contribution in [0.2, 0.25) is 0 Å². The fourth-order valence-electron chi connectivity index (χ4n) is 4.40. The van der Waals surface area contributed by atoms with E-state index in [9.17, 15) is 8.42 Å². The number of nitrogens with zero attached hydrogens (tertiary/aromatic N) is 3. The first-order valence-corrected chi connectivity index (χ1v) is 13.8. The maximum atomic E-state index is 13.0. The van der Waals surface area contributed by atoms with E-state index < -0.39 is 10.0 Å². The second-order valence-corrected chi connectivity index (χ2v) is 11.4. The van der Waals surface area contributed by atoms with Crippen LogP contribution in [0.25, 0.3) is 10.8 Å². The van der Waals surface area contributed by atoms with Gasteiger partial charge in [-0.15, -0.1) is 0 Å². The Balaban J connectivity index is 1.16. The molecule has 8 heteroatoms. The van der Waals surface area contributed by atoms with Gasteiger partial charge in [0, 0.05) is 43.0 Å². The molecule has 6 nitrogen and oxygen atoms in total. The summed E-state index contributed by atoms with van der Waals surface area (Å²) in [6, 6.07) is 21.5. The van der Waals surface area contributed by atoms with Gasteiger partial charge >= 0.3 is 0 Å². The van der Waals surface area contributed by atoms with Crippen LogP contribution in [0.1, 0.15) is 29.8 Å². The molecule has 0 bridgehead atoms. The largest absolute Gasteiger partial charge is 0.347 e. The van der Waals surface area contributed by atoms with Crippen LogP contribution >= 0.6 is 11.5 Å². The van der Waals surface area contributed by atoms with Gasteiger partial charge in [0.05, 0.1) is 4.90 Å². The Morgan fingerprint density at radius 2 is 1.74 bits per heavy atom. The molecular formula is C26H28N4O2S2. The lowest BCUT2D eigenvalue weighted by atomic mass is 9.97. The number of piperidine rings is 1. The monoisotopic (exact) mass is 492 g/mol. The number of benzene rings is 3. The molecule has 0 atom stereocenters. The summed E-state index contributed by atoms with van der Waals surface area (Å²) in [7, 11) is -3.57. The number of sulfonamides is 1. The van der Waals surface area contributed by atoms with Gasteiger partial charge in [-0.1, -0.05) is 66.2 Å². The Kier molecular flexibility index (Phi) is 6.63. The Morgan fingerprint density at radius 1 is 1.00 bits per heavy atom. The molecule has 3 aromatic carbocycles. The summed E-state index contributed by atoms with van der Waals surface area (Å²) in [5.41, 5.74) is 2.46. The van der Waals surface area contributed by atoms with E-state index in [2.05, 4.69) is 45.2 Å². The minimum Gasteiger partial charge on any atom is -0.347 e. The van der Waals surface area contributed by atoms with Gasteiger partial charge in [-0.25, -0.2) is 18.1 Å². The first-order valence-electron chi connectivity index (χ1n) is 11.6. The van der Waals surface area contributed by atoms with Crippen LogP contribution in [0.15, 0.2) is 71.6 Å². The fourth-order valence-corrected chi connectivity index (χ4v) is 6.48. The van der Waals surface area contributed by atoms with Crippen LogP contribution in [-0.4, -0.2) is 37.4 Å². The molecule has 34 heavy (non-hydrogen) atoms. The number of hydrogen-bond acceptors (Lipinski definition) is 6. The van der Waals surface area contributed by atoms with Crippen LogP contribution in [0, 0.1) is 12.8 Å². The fraction of sp³-hybridized carbons (Fsp3) is 0.308. The average Bonchev–Trinajstić information content (AvgIpc) is 3.33. The number of aryl methyl sites for hydroxylation is 1. The highest BCUT2D eigenvalue weighted by molar-refractivity contribution is 7.89. The van der Waals surface area contributed by atoms with Crippen LogP contribution < -0.4 is 9.62 Å². The summed E-state index contributed by atoms with van der Waals surface area (Å²) in [6.07, 6.45) is 2.58. The van der Waals surface area contributed by atoms with Crippen LogP contribution in [0.5, 0.6) is 0 Å². The first-order chi connectivity index (χ1) is 16.5. The molecule has 2 heterocycles. The number of fused-ring (bicyclic) bond motifs is 1. The van der Waals surface area contributed by atoms with E-state index in [0.717, 1.165) is 54.1 Å². The molecule has 176 valence electrons. The highest BCUT2D eigenvalue weighted by Crippen LogP contribution is 2.26. The van der Waals surface area contributed by atoms with Gasteiger partial charge in [0.15, 0.2) is 0 Å². The zero-order valence-electron chi connectivity index (χ0n) is 19.1. The van der Waals surface area contributed by atoms with Crippen LogP contribution in [-0.2, 0) is 16.4 Å². The summed E-state index contributed by atoms with van der Waals surface area (Å²) in [5.74, 6) is 1.16. The van der Waals surface area contributed by atoms with E-state index >= 15 is 0 Å². The predicted octanol–water partition coefficient (Wildman–Crippen LogP) is 4.79. The van der Waals surface area contributed by atoms with Crippen molar-refractivity contribution in [3.8, 4) is 0 Å². The standard InChI is InChI=1S/C26H28N4O2S2/c1-19-9-11-20(12-10-19)17-25-28-26(33-29-25)30-15-13-21(14-16-30)18-27-34(31,32)24-8-4-6-22-5-2-3-7-23(22)24/h2-12,21,27H,13-18H2,1H3. The van der Waals surface area contributed by atoms with Gasteiger partial charge in [-0.2, -0.15) is 4.37 Å². The van der Waals surface area contributed by atoms with E-state index in [1.807, 2.05) is 30.3 Å². The third-order valence-electron chi connectivity index (χ3n) is 6.43. The van der Waals surface area contributed by atoms with Crippen molar-refractivity contribution >= 4 is 37.5 Å². The minimum atomic E-state index is -3.57. The Morgan fingerprint density at radius 3 is 2.53 bits per heavy atom. The Hall–Kier alpha value is -2.81. The summed E-state index contributed by atoms with van der Waals surface area (Å²) >= 11 is 1.45. The first kappa shape index (κ1) is 23.0. The van der Waals surface area contributed by atoms with Crippen LogP contribution in [0.3, 0.4) is 0 Å². The average molecular weight is 493 g/mol. The van der Waals surface area contributed by atoms with Gasteiger partial charge in [0.25, 0.3) is 0 Å². The molecule has 1 saturated heterocycles. The number of rotatable bonds is 7. The molecule has 0 radical (unpaired) electrons. The zero-order valence-corrected chi connectivity index (χ0v) is 20.8. The molecule has 0 unspecified atom stereocenters. The number of anilines is 1. The Bertz CT molecular complexity index is 1370. The van der Waals surface area contributed by atoms with E-state index in [1.54, 1.807) is 12.1 Å². The molecule has 4 aromatic rings. The molecule has 1 aliphatic heterocycles. The lowest BCUT2D eigenvalue weighted by molar-refractivity contribution is 0.402. The van der Waals surface area contributed by atoms with Crippen LogP contribution in [0.4, 0.5) is 5.13 Å². The van der Waals surface area contributed by atoms with E-state index in [0.29, 0.717) is 17.4 Å². The van der Waals surface area contributed by atoms with Crippen molar-refractivity contribution in [3.05, 3.63) is 83.7 Å². The minimum absolute atomic E-state index is 0.306. The van der Waals surface area contributed by atoms with Crippen molar-refractivity contribution < 1.29 is 8.42 Å².